The molecule has 0 radical (unpaired) electrons. The Bertz CT molecular complexity index is 494. The lowest BCUT2D eigenvalue weighted by molar-refractivity contribution is -0.138. The van der Waals surface area contributed by atoms with Crippen LogP contribution in [0.1, 0.15) is 37.8 Å². The van der Waals surface area contributed by atoms with E-state index < -0.39 is 0 Å². The van der Waals surface area contributed by atoms with Gasteiger partial charge in [-0.2, -0.15) is 0 Å². The lowest BCUT2D eigenvalue weighted by Gasteiger charge is -2.35. The van der Waals surface area contributed by atoms with Crippen LogP contribution in [0, 0.1) is 11.8 Å². The van der Waals surface area contributed by atoms with Crippen molar-refractivity contribution in [3.63, 3.8) is 0 Å². The number of hydrogen-bond donors (Lipinski definition) is 1. The van der Waals surface area contributed by atoms with Crippen LogP contribution in [0.3, 0.4) is 0 Å². The first-order valence-electron chi connectivity index (χ1n) is 8.28. The second-order valence-corrected chi connectivity index (χ2v) is 6.57. The quantitative estimate of drug-likeness (QED) is 0.873. The molecule has 1 unspecified atom stereocenters. The lowest BCUT2D eigenvalue weighted by atomic mass is 9.87. The molecule has 4 heteroatoms. The monoisotopic (exact) mass is 322 g/mol. The largest absolute Gasteiger partial charge is 0.335 e. The number of hydrogen-bond acceptors (Lipinski definition) is 2. The Morgan fingerprint density at radius 2 is 1.82 bits per heavy atom. The first-order valence-corrected chi connectivity index (χ1v) is 8.28. The van der Waals surface area contributed by atoms with E-state index in [0.717, 1.165) is 26.1 Å². The molecule has 0 aromatic heterocycles. The van der Waals surface area contributed by atoms with Crippen molar-refractivity contribution in [3.05, 3.63) is 35.4 Å². The van der Waals surface area contributed by atoms with Gasteiger partial charge in [-0.05, 0) is 49.4 Å². The van der Waals surface area contributed by atoms with Crippen LogP contribution < -0.4 is 5.32 Å². The fourth-order valence-electron chi connectivity index (χ4n) is 2.98. The Hall–Kier alpha value is -1.06. The summed E-state index contributed by atoms with van der Waals surface area (Å²) in [6.07, 6.45) is 3.42. The van der Waals surface area contributed by atoms with Gasteiger partial charge in [0.2, 0.25) is 5.91 Å². The molecule has 1 N–H and O–H groups in total. The van der Waals surface area contributed by atoms with Crippen molar-refractivity contribution in [3.8, 4) is 0 Å². The van der Waals surface area contributed by atoms with Crippen molar-refractivity contribution >= 4 is 18.3 Å². The Morgan fingerprint density at radius 1 is 1.23 bits per heavy atom. The standard InChI is InChI=1S/C18H26N2O.ClH/c1-3-14-4-6-15(7-5-14)12-20(17-8-9-17)18(21)13(2)16-10-19-11-16;/h4-7,13,16-17,19H,3,8-12H2,1-2H3;1H. The summed E-state index contributed by atoms with van der Waals surface area (Å²) in [5, 5.41) is 3.27. The lowest BCUT2D eigenvalue weighted by Crippen LogP contribution is -2.50. The van der Waals surface area contributed by atoms with E-state index >= 15 is 0 Å². The molecule has 0 spiro atoms. The summed E-state index contributed by atoms with van der Waals surface area (Å²) in [6.45, 7) is 7.04. The van der Waals surface area contributed by atoms with Gasteiger partial charge in [-0.1, -0.05) is 38.1 Å². The van der Waals surface area contributed by atoms with E-state index in [9.17, 15) is 4.79 Å². The molecular weight excluding hydrogens is 296 g/mol. The van der Waals surface area contributed by atoms with Crippen LogP contribution in [-0.4, -0.2) is 29.9 Å². The Kier molecular flexibility index (Phi) is 5.87. The van der Waals surface area contributed by atoms with Gasteiger partial charge in [0.15, 0.2) is 0 Å². The van der Waals surface area contributed by atoms with Gasteiger partial charge in [0.05, 0.1) is 0 Å². The minimum atomic E-state index is 0. The number of carbonyl (C=O) groups is 1. The fraction of sp³-hybridized carbons (Fsp3) is 0.611. The van der Waals surface area contributed by atoms with Crippen molar-refractivity contribution in [1.29, 1.82) is 0 Å². The molecule has 1 heterocycles. The molecule has 3 nitrogen and oxygen atoms in total. The van der Waals surface area contributed by atoms with Gasteiger partial charge in [-0.3, -0.25) is 4.79 Å². The highest BCUT2D eigenvalue weighted by molar-refractivity contribution is 5.85. The molecule has 1 amide bonds. The van der Waals surface area contributed by atoms with Crippen LogP contribution in [0.5, 0.6) is 0 Å². The van der Waals surface area contributed by atoms with Crippen LogP contribution in [0.4, 0.5) is 0 Å². The van der Waals surface area contributed by atoms with Crippen LogP contribution >= 0.6 is 12.4 Å². The van der Waals surface area contributed by atoms with Crippen LogP contribution in [0.15, 0.2) is 24.3 Å². The summed E-state index contributed by atoms with van der Waals surface area (Å²) >= 11 is 0. The topological polar surface area (TPSA) is 32.3 Å². The highest BCUT2D eigenvalue weighted by atomic mass is 35.5. The molecule has 1 saturated heterocycles. The van der Waals surface area contributed by atoms with Crippen LogP contribution in [0.2, 0.25) is 0 Å². The average molecular weight is 323 g/mol. The van der Waals surface area contributed by atoms with Crippen LogP contribution in [0.25, 0.3) is 0 Å². The number of aryl methyl sites for hydroxylation is 1. The number of halogens is 1. The summed E-state index contributed by atoms with van der Waals surface area (Å²) in [5.74, 6) is 1.03. The van der Waals surface area contributed by atoms with E-state index in [0.29, 0.717) is 17.9 Å². The Balaban J connectivity index is 0.00000176. The molecule has 122 valence electrons. The van der Waals surface area contributed by atoms with E-state index in [2.05, 4.69) is 48.3 Å². The highest BCUT2D eigenvalue weighted by Gasteiger charge is 2.38. The molecule has 2 aliphatic rings. The molecule has 1 atom stereocenters. The molecule has 1 aromatic rings. The molecule has 22 heavy (non-hydrogen) atoms. The number of nitrogens with zero attached hydrogens (tertiary/aromatic N) is 1. The summed E-state index contributed by atoms with van der Waals surface area (Å²) < 4.78 is 0. The number of nitrogens with one attached hydrogen (secondary N) is 1. The predicted molar refractivity (Wildman–Crippen MR) is 92.2 cm³/mol. The first-order chi connectivity index (χ1) is 10.2. The number of benzene rings is 1. The Labute approximate surface area is 139 Å². The highest BCUT2D eigenvalue weighted by Crippen LogP contribution is 2.31. The van der Waals surface area contributed by atoms with E-state index in [-0.39, 0.29) is 18.3 Å². The molecular formula is C18H27ClN2O. The number of rotatable bonds is 6. The van der Waals surface area contributed by atoms with Gasteiger partial charge in [0.1, 0.15) is 0 Å². The molecule has 2 fully saturated rings. The molecule has 1 aliphatic carbocycles. The van der Waals surface area contributed by atoms with Gasteiger partial charge >= 0.3 is 0 Å². The maximum atomic E-state index is 12.8. The minimum absolute atomic E-state index is 0. The van der Waals surface area contributed by atoms with Crippen LogP contribution in [-0.2, 0) is 17.8 Å². The van der Waals surface area contributed by atoms with Crippen molar-refractivity contribution in [2.24, 2.45) is 11.8 Å². The zero-order valence-electron chi connectivity index (χ0n) is 13.5. The van der Waals surface area contributed by atoms with Crippen molar-refractivity contribution in [2.75, 3.05) is 13.1 Å². The molecule has 1 aromatic carbocycles. The second-order valence-electron chi connectivity index (χ2n) is 6.57. The smallest absolute Gasteiger partial charge is 0.226 e. The van der Waals surface area contributed by atoms with E-state index in [1.165, 1.54) is 24.0 Å². The normalized spacial score (nSPS) is 19.0. The predicted octanol–water partition coefficient (Wildman–Crippen LogP) is 3.02. The zero-order chi connectivity index (χ0) is 14.8. The van der Waals surface area contributed by atoms with E-state index in [1.54, 1.807) is 0 Å². The van der Waals surface area contributed by atoms with Crippen molar-refractivity contribution in [2.45, 2.75) is 45.7 Å². The average Bonchev–Trinajstić information content (AvgIpc) is 3.27. The minimum Gasteiger partial charge on any atom is -0.335 e. The second kappa shape index (κ2) is 7.47. The number of amides is 1. The molecule has 3 rings (SSSR count). The fourth-order valence-corrected chi connectivity index (χ4v) is 2.98. The molecule has 0 bridgehead atoms. The van der Waals surface area contributed by atoms with Gasteiger partial charge in [-0.15, -0.1) is 12.4 Å². The summed E-state index contributed by atoms with van der Waals surface area (Å²) in [4.78, 5) is 14.9. The van der Waals surface area contributed by atoms with Crippen molar-refractivity contribution < 1.29 is 4.79 Å². The third-order valence-electron chi connectivity index (χ3n) is 4.96. The summed E-state index contributed by atoms with van der Waals surface area (Å²) in [5.41, 5.74) is 2.61. The van der Waals surface area contributed by atoms with Gasteiger partial charge in [-0.25, -0.2) is 0 Å². The maximum Gasteiger partial charge on any atom is 0.226 e. The number of carbonyl (C=O) groups excluding carboxylic acids is 1. The first kappa shape index (κ1) is 17.3. The van der Waals surface area contributed by atoms with Gasteiger partial charge < -0.3 is 10.2 Å². The SMILES string of the molecule is CCc1ccc(CN(C(=O)C(C)C2CNC2)C2CC2)cc1.Cl. The van der Waals surface area contributed by atoms with E-state index in [4.69, 9.17) is 0 Å². The zero-order valence-corrected chi connectivity index (χ0v) is 14.4. The summed E-state index contributed by atoms with van der Waals surface area (Å²) in [6, 6.07) is 9.21. The molecule has 1 aliphatic heterocycles. The van der Waals surface area contributed by atoms with E-state index in [1.807, 2.05) is 0 Å². The van der Waals surface area contributed by atoms with Gasteiger partial charge in [0.25, 0.3) is 0 Å². The van der Waals surface area contributed by atoms with Crippen molar-refractivity contribution in [1.82, 2.24) is 10.2 Å². The third kappa shape index (κ3) is 3.82. The Morgan fingerprint density at radius 3 is 2.27 bits per heavy atom. The third-order valence-corrected chi connectivity index (χ3v) is 4.96. The summed E-state index contributed by atoms with van der Waals surface area (Å²) in [7, 11) is 0. The van der Waals surface area contributed by atoms with Gasteiger partial charge in [0, 0.05) is 18.5 Å². The molecule has 1 saturated carbocycles. The maximum absolute atomic E-state index is 12.8.